The van der Waals surface area contributed by atoms with Gasteiger partial charge >= 0.3 is 51.4 Å². The van der Waals surface area contributed by atoms with Gasteiger partial charge in [-0.3, -0.25) is 19.0 Å². The Morgan fingerprint density at radius 3 is 2.31 bits per heavy atom. The van der Waals surface area contributed by atoms with Crippen LogP contribution in [0.15, 0.2) is 108 Å². The van der Waals surface area contributed by atoms with Crippen molar-refractivity contribution in [2.24, 2.45) is 11.1 Å². The van der Waals surface area contributed by atoms with Crippen molar-refractivity contribution in [2.75, 3.05) is 44.7 Å². The average molecular weight is 1250 g/mol. The number of hydrogen-bond donors (Lipinski definition) is 5. The van der Waals surface area contributed by atoms with E-state index < -0.39 is 28.9 Å². The smallest absolute Gasteiger partial charge is 0.686 e. The van der Waals surface area contributed by atoms with E-state index in [4.69, 9.17) is 11.1 Å². The van der Waals surface area contributed by atoms with Crippen LogP contribution in [0.1, 0.15) is 123 Å². The van der Waals surface area contributed by atoms with E-state index in [1.807, 2.05) is 72.0 Å². The second-order valence-corrected chi connectivity index (χ2v) is 23.2. The maximum absolute atomic E-state index is 15.6. The summed E-state index contributed by atoms with van der Waals surface area (Å²) in [6.07, 6.45) is 17.4. The van der Waals surface area contributed by atoms with E-state index in [0.717, 1.165) is 98.4 Å². The van der Waals surface area contributed by atoms with Crippen LogP contribution in [0, 0.1) is 56.0 Å². The third-order valence-corrected chi connectivity index (χ3v) is 16.8. The van der Waals surface area contributed by atoms with Crippen LogP contribution in [0.2, 0.25) is 0 Å². The number of carbonyl (C=O) groups is 1. The van der Waals surface area contributed by atoms with Crippen LogP contribution < -0.4 is 83.8 Å². The Labute approximate surface area is 562 Å². The van der Waals surface area contributed by atoms with E-state index in [2.05, 4.69) is 62.8 Å². The van der Waals surface area contributed by atoms with E-state index in [9.17, 15) is 23.2 Å². The van der Waals surface area contributed by atoms with E-state index in [0.29, 0.717) is 52.5 Å². The minimum Gasteiger partial charge on any atom is -0.686 e. The number of H-pyrrole nitrogens is 1. The van der Waals surface area contributed by atoms with Crippen LogP contribution in [0.3, 0.4) is 0 Å². The molecule has 10 aromatic rings. The molecule has 8 heterocycles. The number of fused-ring (bicyclic) bond motifs is 4. The first-order valence-corrected chi connectivity index (χ1v) is 30.2. The molecule has 3 aromatic carbocycles. The third-order valence-electron chi connectivity index (χ3n) is 16.8. The van der Waals surface area contributed by atoms with Crippen molar-refractivity contribution in [3.63, 3.8) is 0 Å². The van der Waals surface area contributed by atoms with Gasteiger partial charge in [0.2, 0.25) is 0 Å². The number of rotatable bonds is 15. The zero-order valence-electron chi connectivity index (χ0n) is 52.7. The van der Waals surface area contributed by atoms with Gasteiger partial charge in [-0.05, 0) is 169 Å². The van der Waals surface area contributed by atoms with Crippen LogP contribution in [0.4, 0.5) is 24.5 Å². The number of nitrogens with zero attached hydrogens (tertiary/aromatic N) is 12. The molecule has 90 heavy (non-hydrogen) atoms. The predicted molar refractivity (Wildman–Crippen MR) is 344 cm³/mol. The molecule has 0 unspecified atom stereocenters. The number of benzene rings is 3. The third kappa shape index (κ3) is 14.2. The van der Waals surface area contributed by atoms with E-state index in [-0.39, 0.29) is 114 Å². The molecule has 0 atom stereocenters. The molecule has 464 valence electrons. The normalized spacial score (nSPS) is 16.1. The molecule has 1 aliphatic carbocycles. The summed E-state index contributed by atoms with van der Waals surface area (Å²) >= 11 is 0. The molecule has 2 fully saturated rings. The molecule has 0 bridgehead atoms. The molecule has 1 amide bonds. The summed E-state index contributed by atoms with van der Waals surface area (Å²) in [5, 5.41) is 23.8. The van der Waals surface area contributed by atoms with Gasteiger partial charge in [-0.2, -0.15) is 0 Å². The number of aromatic nitrogens is 11. The summed E-state index contributed by atoms with van der Waals surface area (Å²) < 4.78 is 51.9. The van der Waals surface area contributed by atoms with Gasteiger partial charge in [-0.25, -0.2) is 47.2 Å². The Bertz CT molecular complexity index is 4460. The summed E-state index contributed by atoms with van der Waals surface area (Å²) in [6.45, 7) is 19.1. The minimum atomic E-state index is -0.728. The minimum absolute atomic E-state index is 0. The van der Waals surface area contributed by atoms with E-state index in [1.54, 1.807) is 57.2 Å². The molecular weight excluding hydrogens is 1170 g/mol. The average Bonchev–Trinajstić information content (AvgIpc) is 1.12. The fraction of sp³-hybridized carbons (Fsp3) is 0.364. The Hall–Kier alpha value is -7.71. The molecule has 0 spiro atoms. The SMILES string of the molecule is C/C(=C/C(=N)c1cc(F)c2c(=O)n(C3CCC(C)(CCN(CCN)c4ccc5c(=O)n(-c6cc(C)c7nc(C)cn7n6)cnc5c4)CC3)cnc2c1)c1ncc(C)[nH]1.CC.C[N-]c1cc(-c2ccn3cc(C)nc3c2F)cc(F)c1C(=O)NC1CCNCC1.[K+]. The Kier molecular flexibility index (Phi) is 21.2. The molecule has 2 aliphatic rings. The Morgan fingerprint density at radius 1 is 0.878 bits per heavy atom. The van der Waals surface area contributed by atoms with Gasteiger partial charge in [-0.1, -0.05) is 26.8 Å². The zero-order chi connectivity index (χ0) is 63.4. The first-order chi connectivity index (χ1) is 42.8. The fourth-order valence-electron chi connectivity index (χ4n) is 11.9. The number of anilines is 1. The monoisotopic (exact) mass is 1250 g/mol. The van der Waals surface area contributed by atoms with Gasteiger partial charge in [-0.15, -0.1) is 17.8 Å². The molecule has 7 aromatic heterocycles. The van der Waals surface area contributed by atoms with Crippen LogP contribution in [-0.2, 0) is 0 Å². The molecular formula is C66H75F3KN17O3. The topological polar surface area (TPSA) is 254 Å². The van der Waals surface area contributed by atoms with Crippen LogP contribution >= 0.6 is 0 Å². The van der Waals surface area contributed by atoms with Crippen molar-refractivity contribution in [3.05, 3.63) is 181 Å². The van der Waals surface area contributed by atoms with Gasteiger partial charge in [0.15, 0.2) is 22.9 Å². The molecule has 24 heteroatoms. The van der Waals surface area contributed by atoms with Crippen molar-refractivity contribution in [2.45, 2.75) is 112 Å². The van der Waals surface area contributed by atoms with Crippen molar-refractivity contribution in [1.82, 2.24) is 63.7 Å². The number of allylic oxidation sites excluding steroid dienone is 2. The molecule has 6 N–H and O–H groups in total. The summed E-state index contributed by atoms with van der Waals surface area (Å²) in [4.78, 5) is 67.6. The maximum atomic E-state index is 15.6. The number of imidazole rings is 3. The van der Waals surface area contributed by atoms with Crippen molar-refractivity contribution >= 4 is 61.7 Å². The van der Waals surface area contributed by atoms with E-state index in [1.165, 1.54) is 42.5 Å². The quantitative estimate of drug-likeness (QED) is 0.0482. The Balaban J connectivity index is 0.000000252. The second-order valence-electron chi connectivity index (χ2n) is 23.2. The molecule has 0 radical (unpaired) electrons. The van der Waals surface area contributed by atoms with Crippen molar-refractivity contribution in [1.29, 1.82) is 5.41 Å². The van der Waals surface area contributed by atoms with Crippen molar-refractivity contribution < 1.29 is 69.4 Å². The number of pyridine rings is 1. The Morgan fingerprint density at radius 2 is 1.60 bits per heavy atom. The largest absolute Gasteiger partial charge is 1.00 e. The summed E-state index contributed by atoms with van der Waals surface area (Å²) in [7, 11) is 1.48. The van der Waals surface area contributed by atoms with Gasteiger partial charge < -0.3 is 41.4 Å². The zero-order valence-corrected chi connectivity index (χ0v) is 55.8. The van der Waals surface area contributed by atoms with Gasteiger partial charge in [0.25, 0.3) is 17.0 Å². The fourth-order valence-corrected chi connectivity index (χ4v) is 11.9. The number of aromatic amines is 1. The number of halogens is 3. The number of nitrogens with one attached hydrogen (secondary N) is 4. The summed E-state index contributed by atoms with van der Waals surface area (Å²) in [5.74, 6) is -1.35. The number of aryl methyl sites for hydroxylation is 4. The molecule has 1 aliphatic heterocycles. The first-order valence-electron chi connectivity index (χ1n) is 30.2. The first kappa shape index (κ1) is 66.7. The van der Waals surface area contributed by atoms with Gasteiger partial charge in [0.05, 0.1) is 51.6 Å². The molecule has 12 rings (SSSR count). The number of hydrogen-bond acceptors (Lipinski definition) is 13. The second kappa shape index (κ2) is 28.6. The van der Waals surface area contributed by atoms with Gasteiger partial charge in [0, 0.05) is 72.8 Å². The van der Waals surface area contributed by atoms with Crippen LogP contribution in [0.5, 0.6) is 0 Å². The van der Waals surface area contributed by atoms with E-state index >= 15 is 4.39 Å². The van der Waals surface area contributed by atoms with Gasteiger partial charge in [0.1, 0.15) is 29.2 Å². The molecule has 1 saturated heterocycles. The summed E-state index contributed by atoms with van der Waals surface area (Å²) in [5.41, 5.74) is 13.3. The summed E-state index contributed by atoms with van der Waals surface area (Å²) in [6, 6.07) is 14.6. The number of amides is 1. The maximum Gasteiger partial charge on any atom is 1.00 e. The van der Waals surface area contributed by atoms with Crippen molar-refractivity contribution in [3.8, 4) is 16.9 Å². The van der Waals surface area contributed by atoms with Crippen LogP contribution in [0.25, 0.3) is 60.9 Å². The standard InChI is InChI=1S/C43H47FN12O2.C21H23F2N5O.C2H6.K/c1-25(39-47-21-27(3)50-39)16-34(46)29-18-33(44)38-36(19-29)49-23-54(42(38)58)30-8-10-43(5,11-9-30)12-14-53(15-13-45)31-6-7-32-35(20-31)48-24-55(41(32)57)37-17-26(2)40-51-28(4)22-56(40)52-37;1-12-11-28-8-5-15(19(23)20(28)26-12)13-9-16(22)18(17(10-13)24-2)21(29)27-14-3-6-25-7-4-14;1-2;/h6-7,16-24,30,46H,8-15,45H2,1-5H3,(H,47,50);5,8-11,14,25H,3-4,6-7H2,1-2H3,(H2,24,27,29);1-2H3;/q;;;+1/p-1/b25-16-,46-34?;;;. The molecule has 20 nitrogen and oxygen atoms in total. The molecule has 1 saturated carbocycles. The van der Waals surface area contributed by atoms with Crippen LogP contribution in [-0.4, -0.2) is 110 Å². The number of carbonyl (C=O) groups excluding carboxylic acids is 1. The number of piperidine rings is 1. The number of nitrogens with two attached hydrogens (primary N) is 1. The predicted octanol–water partition coefficient (Wildman–Crippen LogP) is 8.11.